The van der Waals surface area contributed by atoms with Crippen molar-refractivity contribution < 1.29 is 9.53 Å². The molecule has 1 aromatic carbocycles. The first kappa shape index (κ1) is 12.8. The molecule has 1 rings (SSSR count). The molecule has 0 aliphatic carbocycles. The molecule has 0 aromatic heterocycles. The SMILES string of the molecule is CCC(Nc1ccc(Cl)cc1C)C(=O)OC. The van der Waals surface area contributed by atoms with E-state index in [0.29, 0.717) is 11.4 Å². The number of methoxy groups -OCH3 is 1. The third-order valence-corrected chi connectivity index (χ3v) is 2.65. The fourth-order valence-corrected chi connectivity index (χ4v) is 1.67. The van der Waals surface area contributed by atoms with Crippen molar-refractivity contribution in [2.75, 3.05) is 12.4 Å². The summed E-state index contributed by atoms with van der Waals surface area (Å²) in [7, 11) is 1.39. The molecule has 0 heterocycles. The minimum absolute atomic E-state index is 0.253. The van der Waals surface area contributed by atoms with Gasteiger partial charge in [0.25, 0.3) is 0 Å². The number of hydrogen-bond acceptors (Lipinski definition) is 3. The fourth-order valence-electron chi connectivity index (χ4n) is 1.45. The van der Waals surface area contributed by atoms with Gasteiger partial charge in [0.2, 0.25) is 0 Å². The summed E-state index contributed by atoms with van der Waals surface area (Å²) in [6.45, 7) is 3.87. The summed E-state index contributed by atoms with van der Waals surface area (Å²) in [5, 5.41) is 3.83. The van der Waals surface area contributed by atoms with Crippen LogP contribution in [0.15, 0.2) is 18.2 Å². The number of rotatable bonds is 4. The minimum Gasteiger partial charge on any atom is -0.467 e. The molecule has 0 saturated heterocycles. The molecule has 1 aromatic rings. The van der Waals surface area contributed by atoms with Gasteiger partial charge < -0.3 is 10.1 Å². The number of benzene rings is 1. The maximum absolute atomic E-state index is 11.4. The lowest BCUT2D eigenvalue weighted by atomic mass is 10.1. The number of ether oxygens (including phenoxy) is 1. The van der Waals surface area contributed by atoms with Gasteiger partial charge in [0.05, 0.1) is 7.11 Å². The lowest BCUT2D eigenvalue weighted by Gasteiger charge is -2.17. The third-order valence-electron chi connectivity index (χ3n) is 2.41. The second-order valence-corrected chi connectivity index (χ2v) is 4.02. The van der Waals surface area contributed by atoms with E-state index in [1.54, 1.807) is 6.07 Å². The maximum Gasteiger partial charge on any atom is 0.328 e. The van der Waals surface area contributed by atoms with E-state index >= 15 is 0 Å². The molecule has 1 unspecified atom stereocenters. The van der Waals surface area contributed by atoms with Crippen molar-refractivity contribution >= 4 is 23.3 Å². The summed E-state index contributed by atoms with van der Waals surface area (Å²) in [6, 6.07) is 5.20. The largest absolute Gasteiger partial charge is 0.467 e. The molecule has 4 heteroatoms. The summed E-state index contributed by atoms with van der Waals surface area (Å²) in [6.07, 6.45) is 0.675. The monoisotopic (exact) mass is 241 g/mol. The van der Waals surface area contributed by atoms with E-state index < -0.39 is 0 Å². The van der Waals surface area contributed by atoms with Crippen molar-refractivity contribution in [1.82, 2.24) is 0 Å². The van der Waals surface area contributed by atoms with Crippen LogP contribution in [0.5, 0.6) is 0 Å². The lowest BCUT2D eigenvalue weighted by Crippen LogP contribution is -2.30. The van der Waals surface area contributed by atoms with E-state index in [4.69, 9.17) is 16.3 Å². The first-order valence-electron chi connectivity index (χ1n) is 5.19. The van der Waals surface area contributed by atoms with Crippen LogP contribution >= 0.6 is 11.6 Å². The summed E-state index contributed by atoms with van der Waals surface area (Å²) in [5.41, 5.74) is 1.91. The highest BCUT2D eigenvalue weighted by molar-refractivity contribution is 6.30. The van der Waals surface area contributed by atoms with Crippen LogP contribution in [0.3, 0.4) is 0 Å². The van der Waals surface area contributed by atoms with Crippen LogP contribution in [-0.2, 0) is 9.53 Å². The molecular formula is C12H16ClNO2. The first-order valence-corrected chi connectivity index (χ1v) is 5.56. The molecule has 0 aliphatic rings. The van der Waals surface area contributed by atoms with Gasteiger partial charge in [-0.15, -0.1) is 0 Å². The summed E-state index contributed by atoms with van der Waals surface area (Å²) < 4.78 is 4.71. The molecule has 0 bridgehead atoms. The molecule has 0 radical (unpaired) electrons. The van der Waals surface area contributed by atoms with Gasteiger partial charge in [0.15, 0.2) is 0 Å². The Morgan fingerprint density at radius 3 is 2.75 bits per heavy atom. The molecule has 0 amide bonds. The molecule has 1 atom stereocenters. The molecule has 0 aliphatic heterocycles. The number of aryl methyl sites for hydroxylation is 1. The Morgan fingerprint density at radius 1 is 1.56 bits per heavy atom. The third kappa shape index (κ3) is 3.14. The Bertz CT molecular complexity index is 379. The van der Waals surface area contributed by atoms with Gasteiger partial charge in [-0.3, -0.25) is 0 Å². The standard InChI is InChI=1S/C12H16ClNO2/c1-4-10(12(15)16-3)14-11-6-5-9(13)7-8(11)2/h5-7,10,14H,4H2,1-3H3. The van der Waals surface area contributed by atoms with Crippen LogP contribution in [0, 0.1) is 6.92 Å². The van der Waals surface area contributed by atoms with Gasteiger partial charge >= 0.3 is 5.97 Å². The Kier molecular flexibility index (Phi) is 4.62. The predicted octanol–water partition coefficient (Wildman–Crippen LogP) is 3.01. The highest BCUT2D eigenvalue weighted by Gasteiger charge is 2.16. The summed E-state index contributed by atoms with van der Waals surface area (Å²) >= 11 is 5.86. The number of esters is 1. The zero-order chi connectivity index (χ0) is 12.1. The van der Waals surface area contributed by atoms with Crippen LogP contribution in [0.2, 0.25) is 5.02 Å². The van der Waals surface area contributed by atoms with Gasteiger partial charge in [-0.05, 0) is 37.1 Å². The molecule has 88 valence electrons. The zero-order valence-electron chi connectivity index (χ0n) is 9.71. The Balaban J connectivity index is 2.82. The Labute approximate surface area is 101 Å². The second-order valence-electron chi connectivity index (χ2n) is 3.59. The van der Waals surface area contributed by atoms with Crippen LogP contribution in [0.1, 0.15) is 18.9 Å². The van der Waals surface area contributed by atoms with Crippen molar-refractivity contribution in [3.63, 3.8) is 0 Å². The van der Waals surface area contributed by atoms with E-state index in [2.05, 4.69) is 5.32 Å². The summed E-state index contributed by atoms with van der Waals surface area (Å²) in [5.74, 6) is -0.253. The maximum atomic E-state index is 11.4. The molecule has 3 nitrogen and oxygen atoms in total. The normalized spacial score (nSPS) is 12.0. The molecule has 0 fully saturated rings. The van der Waals surface area contributed by atoms with Gasteiger partial charge in [-0.1, -0.05) is 18.5 Å². The highest BCUT2D eigenvalue weighted by Crippen LogP contribution is 2.20. The van der Waals surface area contributed by atoms with E-state index in [-0.39, 0.29) is 12.0 Å². The number of hydrogen-bond donors (Lipinski definition) is 1. The average Bonchev–Trinajstić information content (AvgIpc) is 2.27. The molecule has 1 N–H and O–H groups in total. The molecule has 0 spiro atoms. The van der Waals surface area contributed by atoms with E-state index in [0.717, 1.165) is 11.3 Å². The van der Waals surface area contributed by atoms with Gasteiger partial charge in [0.1, 0.15) is 6.04 Å². The number of nitrogens with one attached hydrogen (secondary N) is 1. The smallest absolute Gasteiger partial charge is 0.328 e. The van der Waals surface area contributed by atoms with Crippen molar-refractivity contribution in [2.45, 2.75) is 26.3 Å². The van der Waals surface area contributed by atoms with E-state index in [1.165, 1.54) is 7.11 Å². The average molecular weight is 242 g/mol. The first-order chi connectivity index (χ1) is 7.58. The minimum atomic E-state index is -0.315. The van der Waals surface area contributed by atoms with Crippen molar-refractivity contribution in [3.8, 4) is 0 Å². The van der Waals surface area contributed by atoms with E-state index in [1.807, 2.05) is 26.0 Å². The van der Waals surface area contributed by atoms with Gasteiger partial charge in [0, 0.05) is 10.7 Å². The highest BCUT2D eigenvalue weighted by atomic mass is 35.5. The van der Waals surface area contributed by atoms with E-state index in [9.17, 15) is 4.79 Å². The van der Waals surface area contributed by atoms with Crippen LogP contribution in [0.4, 0.5) is 5.69 Å². The fraction of sp³-hybridized carbons (Fsp3) is 0.417. The van der Waals surface area contributed by atoms with Crippen LogP contribution in [0.25, 0.3) is 0 Å². The molecular weight excluding hydrogens is 226 g/mol. The Hall–Kier alpha value is -1.22. The number of halogens is 1. The van der Waals surface area contributed by atoms with Crippen LogP contribution in [-0.4, -0.2) is 19.1 Å². The zero-order valence-corrected chi connectivity index (χ0v) is 10.5. The van der Waals surface area contributed by atoms with Crippen molar-refractivity contribution in [1.29, 1.82) is 0 Å². The quantitative estimate of drug-likeness (QED) is 0.824. The second kappa shape index (κ2) is 5.75. The number of anilines is 1. The van der Waals surface area contributed by atoms with Crippen molar-refractivity contribution in [2.24, 2.45) is 0 Å². The lowest BCUT2D eigenvalue weighted by molar-refractivity contribution is -0.141. The predicted molar refractivity (Wildman–Crippen MR) is 65.9 cm³/mol. The number of carbonyl (C=O) groups is 1. The summed E-state index contributed by atoms with van der Waals surface area (Å²) in [4.78, 5) is 11.4. The van der Waals surface area contributed by atoms with Gasteiger partial charge in [-0.25, -0.2) is 4.79 Å². The number of carbonyl (C=O) groups excluding carboxylic acids is 1. The topological polar surface area (TPSA) is 38.3 Å². The molecule has 0 saturated carbocycles. The molecule has 16 heavy (non-hydrogen) atoms. The van der Waals surface area contributed by atoms with Crippen LogP contribution < -0.4 is 5.32 Å². The van der Waals surface area contributed by atoms with Crippen molar-refractivity contribution in [3.05, 3.63) is 28.8 Å². The Morgan fingerprint density at radius 2 is 2.25 bits per heavy atom. The van der Waals surface area contributed by atoms with Gasteiger partial charge in [-0.2, -0.15) is 0 Å².